The van der Waals surface area contributed by atoms with Gasteiger partial charge in [-0.05, 0) is 29.8 Å². The molecule has 1 N–H and O–H groups in total. The van der Waals surface area contributed by atoms with Gasteiger partial charge < -0.3 is 19.2 Å². The molecule has 1 aromatic heterocycles. The van der Waals surface area contributed by atoms with Crippen LogP contribution in [0.3, 0.4) is 0 Å². The van der Waals surface area contributed by atoms with Gasteiger partial charge >= 0.3 is 0 Å². The van der Waals surface area contributed by atoms with Crippen molar-refractivity contribution in [2.45, 2.75) is 6.04 Å². The number of ether oxygens (including phenoxy) is 2. The quantitative estimate of drug-likeness (QED) is 0.743. The van der Waals surface area contributed by atoms with Crippen LogP contribution in [0.15, 0.2) is 71.3 Å². The second-order valence-electron chi connectivity index (χ2n) is 5.43. The summed E-state index contributed by atoms with van der Waals surface area (Å²) in [6.45, 7) is 0. The van der Waals surface area contributed by atoms with Crippen LogP contribution in [0, 0.1) is 0 Å². The lowest BCUT2D eigenvalue weighted by Crippen LogP contribution is -2.29. The molecule has 0 fully saturated rings. The molecule has 128 valence electrons. The Morgan fingerprint density at radius 1 is 0.960 bits per heavy atom. The molecule has 0 aliphatic rings. The highest BCUT2D eigenvalue weighted by atomic mass is 16.5. The van der Waals surface area contributed by atoms with Crippen molar-refractivity contribution in [3.8, 4) is 11.5 Å². The molecular weight excluding hydrogens is 318 g/mol. The average molecular weight is 337 g/mol. The van der Waals surface area contributed by atoms with Crippen LogP contribution >= 0.6 is 0 Å². The molecule has 0 aliphatic carbocycles. The molecule has 0 bridgehead atoms. The minimum atomic E-state index is -0.388. The predicted octanol–water partition coefficient (Wildman–Crippen LogP) is 3.82. The summed E-state index contributed by atoms with van der Waals surface area (Å²) in [4.78, 5) is 12.8. The molecule has 0 spiro atoms. The minimum absolute atomic E-state index is 0.248. The number of rotatable bonds is 6. The molecule has 3 aromatic rings. The Hall–Kier alpha value is -3.21. The molecule has 25 heavy (non-hydrogen) atoms. The molecule has 1 heterocycles. The van der Waals surface area contributed by atoms with E-state index in [0.717, 1.165) is 5.56 Å². The first-order chi connectivity index (χ1) is 12.2. The fourth-order valence-corrected chi connectivity index (χ4v) is 2.57. The number of benzene rings is 2. The van der Waals surface area contributed by atoms with Crippen molar-refractivity contribution in [1.29, 1.82) is 0 Å². The Kier molecular flexibility index (Phi) is 5.04. The van der Waals surface area contributed by atoms with Gasteiger partial charge in [-0.15, -0.1) is 0 Å². The third-order valence-corrected chi connectivity index (χ3v) is 3.85. The molecule has 0 radical (unpaired) electrons. The Morgan fingerprint density at radius 2 is 1.64 bits per heavy atom. The Morgan fingerprint density at radius 3 is 2.20 bits per heavy atom. The zero-order valence-electron chi connectivity index (χ0n) is 14.1. The van der Waals surface area contributed by atoms with Crippen LogP contribution < -0.4 is 14.8 Å². The highest BCUT2D eigenvalue weighted by Crippen LogP contribution is 2.25. The van der Waals surface area contributed by atoms with Crippen LogP contribution in [0.2, 0.25) is 0 Å². The van der Waals surface area contributed by atoms with Gasteiger partial charge in [-0.3, -0.25) is 4.79 Å². The summed E-state index contributed by atoms with van der Waals surface area (Å²) < 4.78 is 16.0. The smallest absolute Gasteiger partial charge is 0.252 e. The first-order valence-electron chi connectivity index (χ1n) is 7.83. The van der Waals surface area contributed by atoms with Crippen LogP contribution in [0.25, 0.3) is 0 Å². The van der Waals surface area contributed by atoms with Crippen LogP contribution in [-0.2, 0) is 0 Å². The molecular formula is C20H19NO4. The average Bonchev–Trinajstić information content (AvgIpc) is 3.20. The molecule has 5 nitrogen and oxygen atoms in total. The Balaban J connectivity index is 1.91. The highest BCUT2D eigenvalue weighted by molar-refractivity contribution is 5.95. The van der Waals surface area contributed by atoms with Gasteiger partial charge in [0.2, 0.25) is 0 Å². The largest absolute Gasteiger partial charge is 0.497 e. The lowest BCUT2D eigenvalue weighted by atomic mass is 10.0. The summed E-state index contributed by atoms with van der Waals surface area (Å²) in [5.74, 6) is 1.52. The van der Waals surface area contributed by atoms with Crippen molar-refractivity contribution in [3.63, 3.8) is 0 Å². The van der Waals surface area contributed by atoms with E-state index in [0.29, 0.717) is 22.8 Å². The summed E-state index contributed by atoms with van der Waals surface area (Å²) in [6.07, 6.45) is 1.59. The van der Waals surface area contributed by atoms with Crippen LogP contribution in [-0.4, -0.2) is 20.1 Å². The maximum absolute atomic E-state index is 12.8. The molecule has 0 saturated carbocycles. The number of carbonyl (C=O) groups is 1. The summed E-state index contributed by atoms with van der Waals surface area (Å²) in [6, 6.07) is 18.0. The summed E-state index contributed by atoms with van der Waals surface area (Å²) in [7, 11) is 3.10. The predicted molar refractivity (Wildman–Crippen MR) is 94.0 cm³/mol. The normalized spacial score (nSPS) is 11.6. The number of methoxy groups -OCH3 is 2. The standard InChI is InChI=1S/C20H19NO4/c1-23-16-11-15(12-17(13-16)24-2)20(22)21-19(18-9-6-10-25-18)14-7-4-3-5-8-14/h3-13,19H,1-2H3,(H,21,22)/t19-/m1/s1. The van der Waals surface area contributed by atoms with Gasteiger partial charge in [0.15, 0.2) is 0 Å². The lowest BCUT2D eigenvalue weighted by molar-refractivity contribution is 0.0938. The highest BCUT2D eigenvalue weighted by Gasteiger charge is 2.20. The first kappa shape index (κ1) is 16.6. The second kappa shape index (κ2) is 7.57. The molecule has 5 heteroatoms. The van der Waals surface area contributed by atoms with Crippen molar-refractivity contribution in [1.82, 2.24) is 5.32 Å². The SMILES string of the molecule is COc1cc(OC)cc(C(=O)N[C@H](c2ccccc2)c2ccco2)c1. The maximum atomic E-state index is 12.8. The van der Waals surface area contributed by atoms with Gasteiger partial charge in [-0.1, -0.05) is 30.3 Å². The monoisotopic (exact) mass is 337 g/mol. The summed E-state index contributed by atoms with van der Waals surface area (Å²) in [5.41, 5.74) is 1.38. The van der Waals surface area contributed by atoms with Crippen LogP contribution in [0.1, 0.15) is 27.7 Å². The third-order valence-electron chi connectivity index (χ3n) is 3.85. The van der Waals surface area contributed by atoms with Gasteiger partial charge in [-0.2, -0.15) is 0 Å². The number of amides is 1. The third kappa shape index (κ3) is 3.83. The maximum Gasteiger partial charge on any atom is 0.252 e. The fourth-order valence-electron chi connectivity index (χ4n) is 2.57. The van der Waals surface area contributed by atoms with E-state index in [4.69, 9.17) is 13.9 Å². The summed E-state index contributed by atoms with van der Waals surface area (Å²) in [5, 5.41) is 3.01. The van der Waals surface area contributed by atoms with E-state index < -0.39 is 0 Å². The molecule has 1 atom stereocenters. The van der Waals surface area contributed by atoms with Crippen molar-refractivity contribution < 1.29 is 18.7 Å². The van der Waals surface area contributed by atoms with Crippen molar-refractivity contribution in [2.24, 2.45) is 0 Å². The molecule has 0 saturated heterocycles. The van der Waals surface area contributed by atoms with E-state index in [1.54, 1.807) is 44.7 Å². The van der Waals surface area contributed by atoms with Crippen LogP contribution in [0.5, 0.6) is 11.5 Å². The molecule has 1 amide bonds. The Bertz CT molecular complexity index is 806. The molecule has 0 aliphatic heterocycles. The molecule has 0 unspecified atom stereocenters. The molecule has 3 rings (SSSR count). The van der Waals surface area contributed by atoms with Gasteiger partial charge in [0.1, 0.15) is 23.3 Å². The van der Waals surface area contributed by atoms with Gasteiger partial charge in [0, 0.05) is 11.6 Å². The van der Waals surface area contributed by atoms with Crippen molar-refractivity contribution in [3.05, 3.63) is 83.8 Å². The van der Waals surface area contributed by atoms with Crippen molar-refractivity contribution >= 4 is 5.91 Å². The number of hydrogen-bond donors (Lipinski definition) is 1. The van der Waals surface area contributed by atoms with E-state index in [1.165, 1.54) is 0 Å². The van der Waals surface area contributed by atoms with Gasteiger partial charge in [-0.25, -0.2) is 0 Å². The van der Waals surface area contributed by atoms with E-state index in [1.807, 2.05) is 36.4 Å². The van der Waals surface area contributed by atoms with Gasteiger partial charge in [0.25, 0.3) is 5.91 Å². The Labute approximate surface area is 146 Å². The molecule has 2 aromatic carbocycles. The zero-order valence-corrected chi connectivity index (χ0v) is 14.1. The van der Waals surface area contributed by atoms with Crippen LogP contribution in [0.4, 0.5) is 0 Å². The van der Waals surface area contributed by atoms with Gasteiger partial charge in [0.05, 0.1) is 20.5 Å². The number of carbonyl (C=O) groups excluding carboxylic acids is 1. The number of hydrogen-bond acceptors (Lipinski definition) is 4. The van der Waals surface area contributed by atoms with E-state index in [-0.39, 0.29) is 11.9 Å². The fraction of sp³-hybridized carbons (Fsp3) is 0.150. The van der Waals surface area contributed by atoms with Crippen molar-refractivity contribution in [2.75, 3.05) is 14.2 Å². The summed E-state index contributed by atoms with van der Waals surface area (Å²) >= 11 is 0. The lowest BCUT2D eigenvalue weighted by Gasteiger charge is -2.18. The van der Waals surface area contributed by atoms with E-state index >= 15 is 0 Å². The van der Waals surface area contributed by atoms with E-state index in [9.17, 15) is 4.79 Å². The van der Waals surface area contributed by atoms with E-state index in [2.05, 4.69) is 5.32 Å². The second-order valence-corrected chi connectivity index (χ2v) is 5.43. The minimum Gasteiger partial charge on any atom is -0.497 e. The number of furan rings is 1. The first-order valence-corrected chi connectivity index (χ1v) is 7.83. The number of nitrogens with one attached hydrogen (secondary N) is 1. The topological polar surface area (TPSA) is 60.7 Å². The zero-order chi connectivity index (χ0) is 17.6.